The topological polar surface area (TPSA) is 49.8 Å². The fourth-order valence-corrected chi connectivity index (χ4v) is 1.97. The Kier molecular flexibility index (Phi) is 3.94. The minimum Gasteiger partial charge on any atom is -0.373 e. The van der Waals surface area contributed by atoms with Crippen LogP contribution in [0.5, 0.6) is 0 Å². The van der Waals surface area contributed by atoms with Crippen LogP contribution < -0.4 is 10.6 Å². The molecule has 1 aromatic heterocycles. The van der Waals surface area contributed by atoms with Gasteiger partial charge in [-0.15, -0.1) is 0 Å². The molecule has 0 spiro atoms. The molecule has 1 aromatic carbocycles. The fourth-order valence-electron chi connectivity index (χ4n) is 1.97. The average molecular weight is 260 g/mol. The summed E-state index contributed by atoms with van der Waals surface area (Å²) in [5, 5.41) is 6.28. The Morgan fingerprint density at radius 1 is 1.21 bits per heavy atom. The molecule has 2 aromatic rings. The van der Waals surface area contributed by atoms with E-state index in [9.17, 15) is 4.39 Å². The van der Waals surface area contributed by atoms with Crippen molar-refractivity contribution in [2.24, 2.45) is 0 Å². The molecule has 0 saturated heterocycles. The fraction of sp³-hybridized carbons (Fsp3) is 0.286. The molecule has 0 aliphatic carbocycles. The standard InChI is InChI=1S/C14H17FN4/c1-4-11-13(16-3)17-8-18-14(11)19-12-6-5-10(15)7-9(12)2/h5-8H,4H2,1-3H3,(H2,16,17,18,19). The molecule has 2 rings (SSSR count). The molecule has 5 heteroatoms. The zero-order valence-electron chi connectivity index (χ0n) is 11.3. The van der Waals surface area contributed by atoms with Crippen LogP contribution in [-0.4, -0.2) is 17.0 Å². The number of benzene rings is 1. The van der Waals surface area contributed by atoms with Crippen LogP contribution in [0.3, 0.4) is 0 Å². The predicted molar refractivity (Wildman–Crippen MR) is 75.4 cm³/mol. The number of anilines is 3. The summed E-state index contributed by atoms with van der Waals surface area (Å²) in [4.78, 5) is 8.45. The molecule has 1 heterocycles. The van der Waals surface area contributed by atoms with Gasteiger partial charge in [-0.2, -0.15) is 0 Å². The van der Waals surface area contributed by atoms with Gasteiger partial charge in [-0.3, -0.25) is 0 Å². The highest BCUT2D eigenvalue weighted by atomic mass is 19.1. The lowest BCUT2D eigenvalue weighted by Crippen LogP contribution is -2.05. The van der Waals surface area contributed by atoms with Gasteiger partial charge in [0.1, 0.15) is 23.8 Å². The van der Waals surface area contributed by atoms with Gasteiger partial charge >= 0.3 is 0 Å². The molecule has 100 valence electrons. The Balaban J connectivity index is 2.37. The van der Waals surface area contributed by atoms with Crippen molar-refractivity contribution in [3.05, 3.63) is 41.5 Å². The van der Waals surface area contributed by atoms with Crippen molar-refractivity contribution in [2.75, 3.05) is 17.7 Å². The van der Waals surface area contributed by atoms with E-state index >= 15 is 0 Å². The monoisotopic (exact) mass is 260 g/mol. The first-order chi connectivity index (χ1) is 9.15. The summed E-state index contributed by atoms with van der Waals surface area (Å²) in [6.45, 7) is 3.90. The molecular weight excluding hydrogens is 243 g/mol. The van der Waals surface area contributed by atoms with E-state index in [-0.39, 0.29) is 5.82 Å². The SMILES string of the molecule is CCc1c(NC)ncnc1Nc1ccc(F)cc1C. The van der Waals surface area contributed by atoms with Gasteiger partial charge < -0.3 is 10.6 Å². The third-order valence-electron chi connectivity index (χ3n) is 2.98. The number of nitrogens with one attached hydrogen (secondary N) is 2. The second-order valence-corrected chi connectivity index (χ2v) is 4.24. The Labute approximate surface area is 112 Å². The van der Waals surface area contributed by atoms with Crippen LogP contribution in [0.2, 0.25) is 0 Å². The third kappa shape index (κ3) is 2.81. The van der Waals surface area contributed by atoms with Gasteiger partial charge in [-0.05, 0) is 37.1 Å². The quantitative estimate of drug-likeness (QED) is 0.885. The van der Waals surface area contributed by atoms with Crippen molar-refractivity contribution in [1.29, 1.82) is 0 Å². The second-order valence-electron chi connectivity index (χ2n) is 4.24. The lowest BCUT2D eigenvalue weighted by atomic mass is 10.1. The smallest absolute Gasteiger partial charge is 0.139 e. The van der Waals surface area contributed by atoms with Crippen molar-refractivity contribution in [1.82, 2.24) is 9.97 Å². The van der Waals surface area contributed by atoms with Crippen molar-refractivity contribution in [3.8, 4) is 0 Å². The molecular formula is C14H17FN4. The summed E-state index contributed by atoms with van der Waals surface area (Å²) >= 11 is 0. The lowest BCUT2D eigenvalue weighted by Gasteiger charge is -2.14. The van der Waals surface area contributed by atoms with Crippen LogP contribution >= 0.6 is 0 Å². The number of halogens is 1. The van der Waals surface area contributed by atoms with E-state index in [1.807, 2.05) is 20.9 Å². The first-order valence-electron chi connectivity index (χ1n) is 6.20. The minimum absolute atomic E-state index is 0.239. The number of aromatic nitrogens is 2. The van der Waals surface area contributed by atoms with E-state index in [0.29, 0.717) is 0 Å². The van der Waals surface area contributed by atoms with E-state index in [1.165, 1.54) is 18.5 Å². The van der Waals surface area contributed by atoms with Crippen molar-refractivity contribution in [3.63, 3.8) is 0 Å². The maximum atomic E-state index is 13.1. The van der Waals surface area contributed by atoms with Gasteiger partial charge in [0.05, 0.1) is 0 Å². The largest absolute Gasteiger partial charge is 0.373 e. The molecule has 0 atom stereocenters. The molecule has 0 radical (unpaired) electrons. The zero-order valence-corrected chi connectivity index (χ0v) is 11.3. The molecule has 0 aliphatic heterocycles. The normalized spacial score (nSPS) is 10.3. The summed E-state index contributed by atoms with van der Waals surface area (Å²) in [7, 11) is 1.83. The Morgan fingerprint density at radius 2 is 1.95 bits per heavy atom. The molecule has 0 aliphatic rings. The highest BCUT2D eigenvalue weighted by Gasteiger charge is 2.10. The Bertz CT molecular complexity index is 584. The van der Waals surface area contributed by atoms with Crippen LogP contribution in [0.15, 0.2) is 24.5 Å². The lowest BCUT2D eigenvalue weighted by molar-refractivity contribution is 0.627. The number of aryl methyl sites for hydroxylation is 1. The molecule has 0 bridgehead atoms. The minimum atomic E-state index is -0.239. The van der Waals surface area contributed by atoms with E-state index in [0.717, 1.165) is 34.9 Å². The molecule has 0 saturated carbocycles. The number of hydrogen-bond donors (Lipinski definition) is 2. The van der Waals surface area contributed by atoms with Gasteiger partial charge in [0.15, 0.2) is 0 Å². The summed E-state index contributed by atoms with van der Waals surface area (Å²) in [6, 6.07) is 4.64. The number of nitrogens with zero attached hydrogens (tertiary/aromatic N) is 2. The van der Waals surface area contributed by atoms with Gasteiger partial charge in [0.2, 0.25) is 0 Å². The van der Waals surface area contributed by atoms with E-state index in [1.54, 1.807) is 6.07 Å². The highest BCUT2D eigenvalue weighted by Crippen LogP contribution is 2.25. The van der Waals surface area contributed by atoms with Crippen molar-refractivity contribution in [2.45, 2.75) is 20.3 Å². The van der Waals surface area contributed by atoms with E-state index in [4.69, 9.17) is 0 Å². The predicted octanol–water partition coefficient (Wildman–Crippen LogP) is 3.27. The van der Waals surface area contributed by atoms with Gasteiger partial charge in [0.25, 0.3) is 0 Å². The van der Waals surface area contributed by atoms with Crippen LogP contribution in [0, 0.1) is 12.7 Å². The Morgan fingerprint density at radius 3 is 2.58 bits per heavy atom. The third-order valence-corrected chi connectivity index (χ3v) is 2.98. The number of hydrogen-bond acceptors (Lipinski definition) is 4. The Hall–Kier alpha value is -2.17. The second kappa shape index (κ2) is 5.65. The van der Waals surface area contributed by atoms with Gasteiger partial charge in [-0.25, -0.2) is 14.4 Å². The summed E-state index contributed by atoms with van der Waals surface area (Å²) in [5.74, 6) is 1.31. The van der Waals surface area contributed by atoms with Crippen LogP contribution in [0.25, 0.3) is 0 Å². The molecule has 4 nitrogen and oxygen atoms in total. The zero-order chi connectivity index (χ0) is 13.8. The van der Waals surface area contributed by atoms with Crippen LogP contribution in [-0.2, 0) is 6.42 Å². The average Bonchev–Trinajstić information content (AvgIpc) is 2.41. The molecule has 0 unspecified atom stereocenters. The van der Waals surface area contributed by atoms with Gasteiger partial charge in [0, 0.05) is 18.3 Å². The highest BCUT2D eigenvalue weighted by molar-refractivity contribution is 5.66. The first kappa shape index (κ1) is 13.3. The van der Waals surface area contributed by atoms with E-state index in [2.05, 4.69) is 20.6 Å². The summed E-state index contributed by atoms with van der Waals surface area (Å²) in [6.07, 6.45) is 2.31. The van der Waals surface area contributed by atoms with E-state index < -0.39 is 0 Å². The van der Waals surface area contributed by atoms with Crippen molar-refractivity contribution >= 4 is 17.3 Å². The van der Waals surface area contributed by atoms with Gasteiger partial charge in [-0.1, -0.05) is 6.92 Å². The summed E-state index contributed by atoms with van der Waals surface area (Å²) < 4.78 is 13.1. The first-order valence-corrected chi connectivity index (χ1v) is 6.20. The summed E-state index contributed by atoms with van der Waals surface area (Å²) in [5.41, 5.74) is 2.69. The molecule has 2 N–H and O–H groups in total. The molecule has 19 heavy (non-hydrogen) atoms. The maximum absolute atomic E-state index is 13.1. The van der Waals surface area contributed by atoms with Crippen LogP contribution in [0.4, 0.5) is 21.7 Å². The maximum Gasteiger partial charge on any atom is 0.139 e. The van der Waals surface area contributed by atoms with Crippen LogP contribution in [0.1, 0.15) is 18.1 Å². The van der Waals surface area contributed by atoms with Crippen molar-refractivity contribution < 1.29 is 4.39 Å². The number of rotatable bonds is 4. The molecule has 0 amide bonds. The molecule has 0 fully saturated rings.